The molecule has 4 nitrogen and oxygen atoms in total. The van der Waals surface area contributed by atoms with Gasteiger partial charge in [-0.05, 0) is 26.3 Å². The van der Waals surface area contributed by atoms with Gasteiger partial charge in [-0.2, -0.15) is 8.42 Å². The van der Waals surface area contributed by atoms with Gasteiger partial charge < -0.3 is 5.32 Å². The first-order valence-electron chi connectivity index (χ1n) is 4.11. The molecule has 1 aliphatic heterocycles. The molecule has 0 aliphatic carbocycles. The quantitative estimate of drug-likeness (QED) is 0.646. The first kappa shape index (κ1) is 9.95. The van der Waals surface area contributed by atoms with Crippen molar-refractivity contribution in [3.05, 3.63) is 0 Å². The van der Waals surface area contributed by atoms with Crippen LogP contribution in [0, 0.1) is 0 Å². The average molecular weight is 193 g/mol. The molecule has 0 radical (unpaired) electrons. The lowest BCUT2D eigenvalue weighted by atomic mass is 10.1. The Morgan fingerprint density at radius 2 is 2.25 bits per heavy atom. The normalized spacial score (nSPS) is 27.3. The first-order valence-corrected chi connectivity index (χ1v) is 5.92. The van der Waals surface area contributed by atoms with E-state index in [0.29, 0.717) is 0 Å². The summed E-state index contributed by atoms with van der Waals surface area (Å²) in [6.07, 6.45) is 2.93. The Labute approximate surface area is 73.4 Å². The van der Waals surface area contributed by atoms with Gasteiger partial charge in [-0.1, -0.05) is 0 Å². The molecule has 1 saturated heterocycles. The molecule has 0 aromatic rings. The van der Waals surface area contributed by atoms with Gasteiger partial charge in [0.25, 0.3) is 10.1 Å². The predicted octanol–water partition coefficient (Wildman–Crippen LogP) is 0.103. The average Bonchev–Trinajstić information content (AvgIpc) is 2.32. The molecule has 1 rings (SSSR count). The van der Waals surface area contributed by atoms with Crippen molar-refractivity contribution in [1.29, 1.82) is 0 Å². The van der Waals surface area contributed by atoms with E-state index in [0.717, 1.165) is 25.6 Å². The summed E-state index contributed by atoms with van der Waals surface area (Å²) >= 11 is 0. The minimum atomic E-state index is -3.30. The van der Waals surface area contributed by atoms with Crippen molar-refractivity contribution >= 4 is 10.1 Å². The van der Waals surface area contributed by atoms with Crippen LogP contribution in [0.1, 0.15) is 19.8 Å². The van der Waals surface area contributed by atoms with Gasteiger partial charge in [-0.15, -0.1) is 0 Å². The fourth-order valence-electron chi connectivity index (χ4n) is 1.45. The molecule has 0 spiro atoms. The number of nitrogens with one attached hydrogen (secondary N) is 1. The molecule has 72 valence electrons. The zero-order chi connectivity index (χ0) is 9.19. The highest BCUT2D eigenvalue weighted by Gasteiger charge is 2.24. The van der Waals surface area contributed by atoms with E-state index in [1.165, 1.54) is 0 Å². The van der Waals surface area contributed by atoms with Gasteiger partial charge in [0, 0.05) is 6.04 Å². The summed E-state index contributed by atoms with van der Waals surface area (Å²) in [7, 11) is -3.30. The standard InChI is InChI=1S/C7H15NO3S/c1-6(11-12(2,9)10)7-4-3-5-8-7/h6-8H,3-5H2,1-2H3. The van der Waals surface area contributed by atoms with Crippen molar-refractivity contribution in [2.75, 3.05) is 12.8 Å². The molecule has 1 fully saturated rings. The van der Waals surface area contributed by atoms with Gasteiger partial charge in [0.1, 0.15) is 0 Å². The largest absolute Gasteiger partial charge is 0.311 e. The van der Waals surface area contributed by atoms with E-state index in [1.807, 2.05) is 0 Å². The molecule has 2 atom stereocenters. The first-order chi connectivity index (χ1) is 5.49. The molecule has 0 amide bonds. The second-order valence-electron chi connectivity index (χ2n) is 3.21. The van der Waals surface area contributed by atoms with Crippen LogP contribution >= 0.6 is 0 Å². The van der Waals surface area contributed by atoms with Crippen LogP contribution in [0.4, 0.5) is 0 Å². The van der Waals surface area contributed by atoms with E-state index >= 15 is 0 Å². The summed E-state index contributed by atoms with van der Waals surface area (Å²) in [6.45, 7) is 2.74. The molecule has 0 saturated carbocycles. The SMILES string of the molecule is CC(OS(C)(=O)=O)C1CCCN1. The number of hydrogen-bond acceptors (Lipinski definition) is 4. The topological polar surface area (TPSA) is 55.4 Å². The lowest BCUT2D eigenvalue weighted by Gasteiger charge is -2.17. The molecule has 0 bridgehead atoms. The van der Waals surface area contributed by atoms with E-state index in [1.54, 1.807) is 6.92 Å². The Bertz CT molecular complexity index is 231. The van der Waals surface area contributed by atoms with Gasteiger partial charge >= 0.3 is 0 Å². The Balaban J connectivity index is 2.42. The van der Waals surface area contributed by atoms with E-state index < -0.39 is 10.1 Å². The monoisotopic (exact) mass is 193 g/mol. The maximum absolute atomic E-state index is 10.7. The number of hydrogen-bond donors (Lipinski definition) is 1. The Kier molecular flexibility index (Phi) is 3.09. The van der Waals surface area contributed by atoms with E-state index in [2.05, 4.69) is 5.32 Å². The van der Waals surface area contributed by atoms with Gasteiger partial charge in [-0.25, -0.2) is 0 Å². The Morgan fingerprint density at radius 3 is 2.67 bits per heavy atom. The van der Waals surface area contributed by atoms with Crippen LogP contribution in [0.15, 0.2) is 0 Å². The highest BCUT2D eigenvalue weighted by molar-refractivity contribution is 7.86. The van der Waals surface area contributed by atoms with Crippen molar-refractivity contribution in [3.63, 3.8) is 0 Å². The molecule has 1 N–H and O–H groups in total. The van der Waals surface area contributed by atoms with Crippen molar-refractivity contribution in [2.45, 2.75) is 31.9 Å². The van der Waals surface area contributed by atoms with Crippen LogP contribution in [0.25, 0.3) is 0 Å². The van der Waals surface area contributed by atoms with Crippen LogP contribution in [0.3, 0.4) is 0 Å². The summed E-state index contributed by atoms with van der Waals surface area (Å²) in [6, 6.07) is 0.194. The van der Waals surface area contributed by atoms with Gasteiger partial charge in [0.15, 0.2) is 0 Å². The minimum Gasteiger partial charge on any atom is -0.311 e. The summed E-state index contributed by atoms with van der Waals surface area (Å²) in [5.41, 5.74) is 0. The predicted molar refractivity (Wildman–Crippen MR) is 46.4 cm³/mol. The third-order valence-electron chi connectivity index (χ3n) is 1.99. The molecule has 5 heteroatoms. The zero-order valence-electron chi connectivity index (χ0n) is 7.41. The molecule has 12 heavy (non-hydrogen) atoms. The second-order valence-corrected chi connectivity index (χ2v) is 4.81. The fraction of sp³-hybridized carbons (Fsp3) is 1.00. The second kappa shape index (κ2) is 3.72. The van der Waals surface area contributed by atoms with Crippen LogP contribution in [-0.4, -0.2) is 33.4 Å². The van der Waals surface area contributed by atoms with E-state index in [4.69, 9.17) is 4.18 Å². The number of rotatable bonds is 3. The maximum atomic E-state index is 10.7. The lowest BCUT2D eigenvalue weighted by molar-refractivity contribution is 0.189. The van der Waals surface area contributed by atoms with Gasteiger partial charge in [0.2, 0.25) is 0 Å². The molecule has 0 aromatic carbocycles. The van der Waals surface area contributed by atoms with Crippen LogP contribution in [0.5, 0.6) is 0 Å². The Hall–Kier alpha value is -0.130. The highest BCUT2D eigenvalue weighted by atomic mass is 32.2. The van der Waals surface area contributed by atoms with Gasteiger partial charge in [0.05, 0.1) is 12.4 Å². The summed E-state index contributed by atoms with van der Waals surface area (Å²) in [5, 5.41) is 3.19. The summed E-state index contributed by atoms with van der Waals surface area (Å²) < 4.78 is 26.3. The van der Waals surface area contributed by atoms with Crippen molar-refractivity contribution < 1.29 is 12.6 Å². The molecule has 2 unspecified atom stereocenters. The van der Waals surface area contributed by atoms with E-state index in [-0.39, 0.29) is 12.1 Å². The summed E-state index contributed by atoms with van der Waals surface area (Å²) in [5.74, 6) is 0. The van der Waals surface area contributed by atoms with E-state index in [9.17, 15) is 8.42 Å². The lowest BCUT2D eigenvalue weighted by Crippen LogP contribution is -2.35. The molecule has 1 aliphatic rings. The van der Waals surface area contributed by atoms with Crippen LogP contribution in [-0.2, 0) is 14.3 Å². The third-order valence-corrected chi connectivity index (χ3v) is 2.64. The van der Waals surface area contributed by atoms with Gasteiger partial charge in [-0.3, -0.25) is 4.18 Å². The molecule has 0 aromatic heterocycles. The van der Waals surface area contributed by atoms with Crippen molar-refractivity contribution in [2.24, 2.45) is 0 Å². The van der Waals surface area contributed by atoms with Crippen molar-refractivity contribution in [1.82, 2.24) is 5.32 Å². The third kappa shape index (κ3) is 3.08. The van der Waals surface area contributed by atoms with Crippen LogP contribution < -0.4 is 5.32 Å². The Morgan fingerprint density at radius 1 is 1.58 bits per heavy atom. The smallest absolute Gasteiger partial charge is 0.264 e. The highest BCUT2D eigenvalue weighted by Crippen LogP contribution is 2.12. The zero-order valence-corrected chi connectivity index (χ0v) is 8.23. The maximum Gasteiger partial charge on any atom is 0.264 e. The minimum absolute atomic E-state index is 0.194. The fourth-order valence-corrected chi connectivity index (χ4v) is 2.14. The molecular formula is C7H15NO3S. The van der Waals surface area contributed by atoms with Crippen molar-refractivity contribution in [3.8, 4) is 0 Å². The summed E-state index contributed by atoms with van der Waals surface area (Å²) in [4.78, 5) is 0. The molecular weight excluding hydrogens is 178 g/mol. The van der Waals surface area contributed by atoms with Crippen LogP contribution in [0.2, 0.25) is 0 Å². The molecule has 1 heterocycles.